The predicted molar refractivity (Wildman–Crippen MR) is 151 cm³/mol. The summed E-state index contributed by atoms with van der Waals surface area (Å²) in [5, 5.41) is 3.87. The highest BCUT2D eigenvalue weighted by Crippen LogP contribution is 2.28. The number of likely N-dealkylation sites (N-methyl/N-ethyl adjacent to an activating group) is 1. The number of carbonyl (C=O) groups excluding carboxylic acids is 2. The number of nitrogens with one attached hydrogen (secondary N) is 1. The molecule has 0 radical (unpaired) electrons. The van der Waals surface area contributed by atoms with E-state index in [9.17, 15) is 9.59 Å². The van der Waals surface area contributed by atoms with Crippen LogP contribution in [0.1, 0.15) is 81.8 Å². The van der Waals surface area contributed by atoms with Crippen LogP contribution in [-0.2, 0) is 6.42 Å². The fourth-order valence-electron chi connectivity index (χ4n) is 4.72. The van der Waals surface area contributed by atoms with Gasteiger partial charge in [-0.05, 0) is 75.1 Å². The summed E-state index contributed by atoms with van der Waals surface area (Å²) in [6.07, 6.45) is 4.27. The summed E-state index contributed by atoms with van der Waals surface area (Å²) in [5.74, 6) is 1.33. The van der Waals surface area contributed by atoms with Crippen molar-refractivity contribution < 1.29 is 14.0 Å². The van der Waals surface area contributed by atoms with Gasteiger partial charge in [-0.1, -0.05) is 31.9 Å². The molecular weight excluding hydrogens is 476 g/mol. The van der Waals surface area contributed by atoms with Gasteiger partial charge >= 0.3 is 0 Å². The fourth-order valence-corrected chi connectivity index (χ4v) is 4.72. The van der Waals surface area contributed by atoms with Crippen LogP contribution in [0.5, 0.6) is 0 Å². The molecule has 38 heavy (non-hydrogen) atoms. The molecule has 198 valence electrons. The van der Waals surface area contributed by atoms with Crippen LogP contribution in [0.15, 0.2) is 53.1 Å². The van der Waals surface area contributed by atoms with Gasteiger partial charge in [0.2, 0.25) is 0 Å². The largest absolute Gasteiger partial charge is 0.446 e. The van der Waals surface area contributed by atoms with Gasteiger partial charge in [-0.15, -0.1) is 0 Å². The summed E-state index contributed by atoms with van der Waals surface area (Å²) >= 11 is 0. The highest BCUT2D eigenvalue weighted by molar-refractivity contribution is 6.13. The van der Waals surface area contributed by atoms with E-state index in [1.54, 1.807) is 42.4 Å². The van der Waals surface area contributed by atoms with Crippen molar-refractivity contribution in [3.8, 4) is 0 Å². The number of aromatic nitrogens is 2. The summed E-state index contributed by atoms with van der Waals surface area (Å²) in [6.45, 7) is 10.7. The van der Waals surface area contributed by atoms with Crippen LogP contribution in [-0.4, -0.2) is 40.3 Å². The normalized spacial score (nSPS) is 11.9. The molecule has 2 aromatic carbocycles. The van der Waals surface area contributed by atoms with Crippen molar-refractivity contribution >= 4 is 28.4 Å². The first kappa shape index (κ1) is 27.0. The molecule has 7 heteroatoms. The number of hydrogen-bond acceptors (Lipinski definition) is 5. The minimum absolute atomic E-state index is 0.105. The summed E-state index contributed by atoms with van der Waals surface area (Å²) in [6, 6.07) is 13.0. The van der Waals surface area contributed by atoms with E-state index in [-0.39, 0.29) is 17.7 Å². The van der Waals surface area contributed by atoms with E-state index in [1.807, 2.05) is 32.9 Å². The molecule has 1 N–H and O–H groups in total. The average Bonchev–Trinajstić information content (AvgIpc) is 3.31. The lowest BCUT2D eigenvalue weighted by Gasteiger charge is -2.17. The molecule has 7 nitrogen and oxygen atoms in total. The summed E-state index contributed by atoms with van der Waals surface area (Å²) < 4.78 is 5.49. The number of pyridine rings is 1. The lowest BCUT2D eigenvalue weighted by molar-refractivity contribution is 0.0794. The van der Waals surface area contributed by atoms with Gasteiger partial charge in [-0.25, -0.2) is 4.98 Å². The standard InChI is InChI=1S/C31H36N4O3/c1-7-8-20(3)27-17-26(25-16-19(2)15-21(4)29(25)34-27)30(36)33-24-11-9-23(10-12-24)31(37)35(6)14-13-28-32-18-22(5)38-28/h9-12,15-18,20H,7-8,13-14H2,1-6H3,(H,33,36)/t20-/m1/s1. The lowest BCUT2D eigenvalue weighted by atomic mass is 9.96. The van der Waals surface area contributed by atoms with Crippen LogP contribution in [0.3, 0.4) is 0 Å². The van der Waals surface area contributed by atoms with Crippen LogP contribution in [0.4, 0.5) is 5.69 Å². The van der Waals surface area contributed by atoms with E-state index >= 15 is 0 Å². The van der Waals surface area contributed by atoms with Crippen molar-refractivity contribution in [3.63, 3.8) is 0 Å². The van der Waals surface area contributed by atoms with Crippen LogP contribution in [0, 0.1) is 20.8 Å². The zero-order valence-corrected chi connectivity index (χ0v) is 23.1. The second-order valence-corrected chi connectivity index (χ2v) is 10.1. The number of rotatable bonds is 9. The molecule has 4 rings (SSSR count). The van der Waals surface area contributed by atoms with Crippen molar-refractivity contribution in [1.29, 1.82) is 0 Å². The molecule has 4 aromatic rings. The molecule has 1 atom stereocenters. The molecule has 2 heterocycles. The van der Waals surface area contributed by atoms with Gasteiger partial charge in [-0.3, -0.25) is 14.6 Å². The summed E-state index contributed by atoms with van der Waals surface area (Å²) in [7, 11) is 1.75. The Labute approximate surface area is 224 Å². The van der Waals surface area contributed by atoms with Crippen molar-refractivity contribution in [1.82, 2.24) is 14.9 Å². The molecule has 0 aliphatic heterocycles. The first-order chi connectivity index (χ1) is 18.2. The van der Waals surface area contributed by atoms with Crippen molar-refractivity contribution in [3.05, 3.63) is 88.3 Å². The van der Waals surface area contributed by atoms with Gasteiger partial charge in [0.25, 0.3) is 11.8 Å². The number of nitrogens with zero attached hydrogens (tertiary/aromatic N) is 3. The Balaban J connectivity index is 1.52. The van der Waals surface area contributed by atoms with Crippen molar-refractivity contribution in [2.45, 2.75) is 59.8 Å². The highest BCUT2D eigenvalue weighted by Gasteiger charge is 2.18. The molecule has 0 spiro atoms. The maximum atomic E-state index is 13.5. The molecule has 2 amide bonds. The molecule has 0 aliphatic rings. The Bertz CT molecular complexity index is 1460. The van der Waals surface area contributed by atoms with Crippen LogP contribution in [0.2, 0.25) is 0 Å². The maximum Gasteiger partial charge on any atom is 0.256 e. The van der Waals surface area contributed by atoms with Crippen LogP contribution < -0.4 is 5.32 Å². The number of carbonyl (C=O) groups is 2. The number of aryl methyl sites for hydroxylation is 3. The Hall–Kier alpha value is -4.00. The Kier molecular flexibility index (Phi) is 8.25. The summed E-state index contributed by atoms with van der Waals surface area (Å²) in [5.41, 5.74) is 5.73. The number of oxazole rings is 1. The highest BCUT2D eigenvalue weighted by atomic mass is 16.4. The third-order valence-electron chi connectivity index (χ3n) is 6.81. The molecule has 2 aromatic heterocycles. The number of hydrogen-bond donors (Lipinski definition) is 1. The molecular formula is C31H36N4O3. The van der Waals surface area contributed by atoms with E-state index < -0.39 is 0 Å². The zero-order valence-electron chi connectivity index (χ0n) is 23.1. The van der Waals surface area contributed by atoms with E-state index in [1.165, 1.54) is 0 Å². The van der Waals surface area contributed by atoms with Crippen molar-refractivity contribution in [2.75, 3.05) is 18.9 Å². The van der Waals surface area contributed by atoms with Gasteiger partial charge < -0.3 is 14.6 Å². The number of amides is 2. The van der Waals surface area contributed by atoms with Gasteiger partial charge in [0, 0.05) is 42.3 Å². The van der Waals surface area contributed by atoms with E-state index in [4.69, 9.17) is 9.40 Å². The SMILES string of the molecule is CCC[C@@H](C)c1cc(C(=O)Nc2ccc(C(=O)N(C)CCc3ncc(C)o3)cc2)c2cc(C)cc(C)c2n1. The molecule has 0 saturated carbocycles. The van der Waals surface area contributed by atoms with Crippen LogP contribution >= 0.6 is 0 Å². The van der Waals surface area contributed by atoms with E-state index in [0.29, 0.717) is 35.7 Å². The predicted octanol–water partition coefficient (Wildman–Crippen LogP) is 6.62. The Morgan fingerprint density at radius 2 is 1.82 bits per heavy atom. The molecule has 0 unspecified atom stereocenters. The van der Waals surface area contributed by atoms with E-state index in [2.05, 4.69) is 30.2 Å². The van der Waals surface area contributed by atoms with Gasteiger partial charge in [0.15, 0.2) is 5.89 Å². The Morgan fingerprint density at radius 3 is 2.47 bits per heavy atom. The second kappa shape index (κ2) is 11.6. The first-order valence-electron chi connectivity index (χ1n) is 13.2. The molecule has 0 bridgehead atoms. The molecule has 0 fully saturated rings. The van der Waals surface area contributed by atoms with Crippen molar-refractivity contribution in [2.24, 2.45) is 0 Å². The number of benzene rings is 2. The second-order valence-electron chi connectivity index (χ2n) is 10.1. The fraction of sp³-hybridized carbons (Fsp3) is 0.355. The van der Waals surface area contributed by atoms with Gasteiger partial charge in [0.1, 0.15) is 5.76 Å². The number of anilines is 1. The third kappa shape index (κ3) is 6.10. The van der Waals surface area contributed by atoms with E-state index in [0.717, 1.165) is 46.3 Å². The third-order valence-corrected chi connectivity index (χ3v) is 6.81. The monoisotopic (exact) mass is 512 g/mol. The minimum atomic E-state index is -0.190. The van der Waals surface area contributed by atoms with Gasteiger partial charge in [0.05, 0.1) is 17.3 Å². The molecule has 0 aliphatic carbocycles. The summed E-state index contributed by atoms with van der Waals surface area (Å²) in [4.78, 5) is 37.1. The minimum Gasteiger partial charge on any atom is -0.446 e. The Morgan fingerprint density at radius 1 is 1.08 bits per heavy atom. The maximum absolute atomic E-state index is 13.5. The number of fused-ring (bicyclic) bond motifs is 1. The smallest absolute Gasteiger partial charge is 0.256 e. The lowest BCUT2D eigenvalue weighted by Crippen LogP contribution is -2.28. The molecule has 0 saturated heterocycles. The topological polar surface area (TPSA) is 88.3 Å². The average molecular weight is 513 g/mol. The first-order valence-corrected chi connectivity index (χ1v) is 13.2. The van der Waals surface area contributed by atoms with Crippen LogP contribution in [0.25, 0.3) is 10.9 Å². The van der Waals surface area contributed by atoms with Gasteiger partial charge in [-0.2, -0.15) is 0 Å². The zero-order chi connectivity index (χ0) is 27.4. The quantitative estimate of drug-likeness (QED) is 0.272.